The molecule has 3 aromatic carbocycles. The third kappa shape index (κ3) is 4.45. The van der Waals surface area contributed by atoms with Crippen molar-refractivity contribution in [3.8, 4) is 6.07 Å². The molecular formula is C29H21F3N4O2S. The second-order valence-corrected chi connectivity index (χ2v) is 10.0. The molecule has 1 amide bonds. The standard InChI is InChI=1S/C29H21F3N4O2S/c1-28(2)26(38)35(21-10-9-20(16-33)24(15-21)29(30,31)32)27(39)36(28)22-11-8-19-12-13-34(25(37)23(19)14-22)17-18-6-4-3-5-7-18/h3-15H,17H2,1-2H3. The number of fused-ring (bicyclic) bond motifs is 1. The van der Waals surface area contributed by atoms with Crippen molar-refractivity contribution in [1.29, 1.82) is 5.26 Å². The van der Waals surface area contributed by atoms with E-state index in [1.807, 2.05) is 36.4 Å². The van der Waals surface area contributed by atoms with Crippen molar-refractivity contribution in [2.45, 2.75) is 32.1 Å². The number of hydrogen-bond donors (Lipinski definition) is 0. The molecule has 1 saturated heterocycles. The number of nitrogens with zero attached hydrogens (tertiary/aromatic N) is 4. The zero-order valence-electron chi connectivity index (χ0n) is 20.9. The van der Waals surface area contributed by atoms with E-state index >= 15 is 0 Å². The molecule has 5 rings (SSSR count). The average Bonchev–Trinajstić information content (AvgIpc) is 3.08. The summed E-state index contributed by atoms with van der Waals surface area (Å²) < 4.78 is 42.4. The topological polar surface area (TPSA) is 69.3 Å². The van der Waals surface area contributed by atoms with Crippen molar-refractivity contribution in [2.24, 2.45) is 0 Å². The molecule has 2 heterocycles. The van der Waals surface area contributed by atoms with Gasteiger partial charge in [-0.2, -0.15) is 18.4 Å². The number of aromatic nitrogens is 1. The van der Waals surface area contributed by atoms with Gasteiger partial charge in [-0.05, 0) is 73.4 Å². The normalized spacial score (nSPS) is 15.2. The zero-order chi connectivity index (χ0) is 28.1. The fourth-order valence-corrected chi connectivity index (χ4v) is 5.29. The highest BCUT2D eigenvalue weighted by Crippen LogP contribution is 2.40. The Bertz CT molecular complexity index is 1740. The van der Waals surface area contributed by atoms with E-state index < -0.39 is 28.7 Å². The summed E-state index contributed by atoms with van der Waals surface area (Å²) in [6, 6.07) is 21.0. The number of thiocarbonyl (C=S) groups is 1. The van der Waals surface area contributed by atoms with Crippen molar-refractivity contribution < 1.29 is 18.0 Å². The molecule has 4 aromatic rings. The maximum Gasteiger partial charge on any atom is 0.417 e. The summed E-state index contributed by atoms with van der Waals surface area (Å²) in [7, 11) is 0. The third-order valence-electron chi connectivity index (χ3n) is 6.77. The van der Waals surface area contributed by atoms with Crippen LogP contribution in [0.15, 0.2) is 83.8 Å². The van der Waals surface area contributed by atoms with Crippen LogP contribution in [0.3, 0.4) is 0 Å². The Hall–Kier alpha value is -4.49. The van der Waals surface area contributed by atoms with Crippen molar-refractivity contribution in [3.05, 3.63) is 106 Å². The number of pyridine rings is 1. The Morgan fingerprint density at radius 1 is 0.949 bits per heavy atom. The van der Waals surface area contributed by atoms with E-state index in [-0.39, 0.29) is 16.4 Å². The van der Waals surface area contributed by atoms with Crippen LogP contribution in [0.2, 0.25) is 0 Å². The first kappa shape index (κ1) is 26.1. The third-order valence-corrected chi connectivity index (χ3v) is 7.14. The van der Waals surface area contributed by atoms with Crippen molar-refractivity contribution in [2.75, 3.05) is 9.80 Å². The van der Waals surface area contributed by atoms with Crippen LogP contribution in [0.5, 0.6) is 0 Å². The lowest BCUT2D eigenvalue weighted by atomic mass is 10.0. The molecule has 1 fully saturated rings. The maximum atomic E-state index is 13.6. The molecule has 10 heteroatoms. The maximum absolute atomic E-state index is 13.6. The summed E-state index contributed by atoms with van der Waals surface area (Å²) in [6.45, 7) is 3.59. The molecule has 39 heavy (non-hydrogen) atoms. The van der Waals surface area contributed by atoms with E-state index in [0.717, 1.165) is 22.6 Å². The Morgan fingerprint density at radius 3 is 2.31 bits per heavy atom. The highest BCUT2D eigenvalue weighted by Gasteiger charge is 2.50. The number of carbonyl (C=O) groups excluding carboxylic acids is 1. The van der Waals surface area contributed by atoms with Gasteiger partial charge in [-0.3, -0.25) is 14.5 Å². The average molecular weight is 547 g/mol. The van der Waals surface area contributed by atoms with Crippen LogP contribution in [0.1, 0.15) is 30.5 Å². The van der Waals surface area contributed by atoms with E-state index in [9.17, 15) is 22.8 Å². The summed E-state index contributed by atoms with van der Waals surface area (Å²) in [5.41, 5.74) is -1.90. The summed E-state index contributed by atoms with van der Waals surface area (Å²) in [5, 5.41) is 10.2. The minimum absolute atomic E-state index is 0.0391. The molecule has 0 unspecified atom stereocenters. The second kappa shape index (κ2) is 9.36. The lowest BCUT2D eigenvalue weighted by Gasteiger charge is -2.29. The van der Waals surface area contributed by atoms with E-state index in [0.29, 0.717) is 23.0 Å². The van der Waals surface area contributed by atoms with Gasteiger partial charge in [0.2, 0.25) is 0 Å². The van der Waals surface area contributed by atoms with Gasteiger partial charge in [-0.25, -0.2) is 0 Å². The number of halogens is 3. The first-order chi connectivity index (χ1) is 18.4. The SMILES string of the molecule is CC1(C)C(=O)N(c2ccc(C#N)c(C(F)(F)F)c2)C(=S)N1c1ccc2ccn(Cc3ccccc3)c(=O)c2c1. The lowest BCUT2D eigenvalue weighted by molar-refractivity contribution is -0.137. The Morgan fingerprint density at radius 2 is 1.64 bits per heavy atom. The molecular weight excluding hydrogens is 525 g/mol. The van der Waals surface area contributed by atoms with Crippen LogP contribution in [-0.2, 0) is 17.5 Å². The quantitative estimate of drug-likeness (QED) is 0.300. The zero-order valence-corrected chi connectivity index (χ0v) is 21.7. The Labute approximate surface area is 227 Å². The largest absolute Gasteiger partial charge is 0.417 e. The summed E-state index contributed by atoms with van der Waals surface area (Å²) in [6.07, 6.45) is -3.07. The van der Waals surface area contributed by atoms with Gasteiger partial charge in [0.1, 0.15) is 5.54 Å². The fourth-order valence-electron chi connectivity index (χ4n) is 4.77. The number of benzene rings is 3. The first-order valence-electron chi connectivity index (χ1n) is 11.9. The van der Waals surface area contributed by atoms with E-state index in [1.165, 1.54) is 17.0 Å². The smallest absolute Gasteiger partial charge is 0.311 e. The Balaban J connectivity index is 1.57. The van der Waals surface area contributed by atoms with E-state index in [4.69, 9.17) is 17.5 Å². The summed E-state index contributed by atoms with van der Waals surface area (Å²) in [5.74, 6) is -0.542. The molecule has 0 saturated carbocycles. The van der Waals surface area contributed by atoms with Crippen LogP contribution in [0, 0.1) is 11.3 Å². The van der Waals surface area contributed by atoms with Crippen LogP contribution < -0.4 is 15.4 Å². The first-order valence-corrected chi connectivity index (χ1v) is 12.3. The molecule has 196 valence electrons. The predicted molar refractivity (Wildman–Crippen MR) is 147 cm³/mol. The molecule has 0 atom stereocenters. The molecule has 1 aliphatic heterocycles. The number of anilines is 2. The number of nitriles is 1. The number of carbonyl (C=O) groups is 1. The molecule has 1 aromatic heterocycles. The van der Waals surface area contributed by atoms with Gasteiger partial charge in [0.05, 0.1) is 29.4 Å². The number of rotatable bonds is 4. The minimum Gasteiger partial charge on any atom is -0.311 e. The van der Waals surface area contributed by atoms with Gasteiger partial charge in [-0.15, -0.1) is 0 Å². The number of amides is 1. The molecule has 0 N–H and O–H groups in total. The molecule has 6 nitrogen and oxygen atoms in total. The number of alkyl halides is 3. The van der Waals surface area contributed by atoms with Crippen molar-refractivity contribution in [3.63, 3.8) is 0 Å². The van der Waals surface area contributed by atoms with Gasteiger partial charge >= 0.3 is 6.18 Å². The highest BCUT2D eigenvalue weighted by molar-refractivity contribution is 7.81. The van der Waals surface area contributed by atoms with Crippen LogP contribution in [-0.4, -0.2) is 21.1 Å². The summed E-state index contributed by atoms with van der Waals surface area (Å²) >= 11 is 5.62. The molecule has 1 aliphatic rings. The second-order valence-electron chi connectivity index (χ2n) is 9.66. The van der Waals surface area contributed by atoms with Gasteiger partial charge in [0, 0.05) is 17.3 Å². The van der Waals surface area contributed by atoms with Gasteiger partial charge < -0.3 is 9.47 Å². The van der Waals surface area contributed by atoms with E-state index in [1.54, 1.807) is 42.8 Å². The van der Waals surface area contributed by atoms with Crippen LogP contribution in [0.4, 0.5) is 24.5 Å². The molecule has 0 aliphatic carbocycles. The van der Waals surface area contributed by atoms with Crippen molar-refractivity contribution in [1.82, 2.24) is 4.57 Å². The van der Waals surface area contributed by atoms with Gasteiger partial charge in [-0.1, -0.05) is 36.4 Å². The minimum atomic E-state index is -4.79. The fraction of sp³-hybridized carbons (Fsp3) is 0.172. The van der Waals surface area contributed by atoms with Crippen molar-refractivity contribution >= 4 is 45.4 Å². The van der Waals surface area contributed by atoms with Gasteiger partial charge in [0.25, 0.3) is 11.5 Å². The Kier molecular flexibility index (Phi) is 6.27. The molecule has 0 radical (unpaired) electrons. The van der Waals surface area contributed by atoms with Crippen LogP contribution in [0.25, 0.3) is 10.8 Å². The summed E-state index contributed by atoms with van der Waals surface area (Å²) in [4.78, 5) is 29.5. The van der Waals surface area contributed by atoms with Gasteiger partial charge in [0.15, 0.2) is 5.11 Å². The van der Waals surface area contributed by atoms with Crippen LogP contribution >= 0.6 is 12.2 Å². The number of hydrogen-bond acceptors (Lipinski definition) is 4. The van der Waals surface area contributed by atoms with E-state index in [2.05, 4.69) is 0 Å². The molecule has 0 bridgehead atoms. The highest BCUT2D eigenvalue weighted by atomic mass is 32.1. The lowest BCUT2D eigenvalue weighted by Crippen LogP contribution is -2.44. The monoisotopic (exact) mass is 546 g/mol. The molecule has 0 spiro atoms. The predicted octanol–water partition coefficient (Wildman–Crippen LogP) is 5.86.